The fourth-order valence-electron chi connectivity index (χ4n) is 2.50. The molecule has 1 atom stereocenters. The number of nitrogens with two attached hydrogens (primary N) is 1. The van der Waals surface area contributed by atoms with Gasteiger partial charge in [0.2, 0.25) is 5.88 Å². The molecule has 3 rings (SSSR count). The molecular weight excluding hydrogens is 340 g/mol. The van der Waals surface area contributed by atoms with E-state index in [0.29, 0.717) is 17.1 Å². The van der Waals surface area contributed by atoms with E-state index in [9.17, 15) is 9.90 Å². The molecule has 0 bridgehead atoms. The van der Waals surface area contributed by atoms with Crippen molar-refractivity contribution in [3.05, 3.63) is 36.3 Å². The molecule has 0 aliphatic carbocycles. The Hall–Kier alpha value is -3.24. The maximum absolute atomic E-state index is 12.5. The highest BCUT2D eigenvalue weighted by atomic mass is 16.5. The summed E-state index contributed by atoms with van der Waals surface area (Å²) in [4.78, 5) is 20.5. The van der Waals surface area contributed by atoms with Crippen LogP contribution in [0.1, 0.15) is 10.4 Å². The van der Waals surface area contributed by atoms with E-state index >= 15 is 0 Å². The molecule has 0 spiro atoms. The molecule has 0 aliphatic rings. The predicted octanol–water partition coefficient (Wildman–Crippen LogP) is -0.535. The largest absolute Gasteiger partial charge is 0.481 e. The van der Waals surface area contributed by atoms with Crippen molar-refractivity contribution in [3.63, 3.8) is 0 Å². The van der Waals surface area contributed by atoms with Crippen molar-refractivity contribution in [1.29, 1.82) is 0 Å². The van der Waals surface area contributed by atoms with Crippen LogP contribution >= 0.6 is 0 Å². The van der Waals surface area contributed by atoms with E-state index < -0.39 is 18.6 Å². The lowest BCUT2D eigenvalue weighted by atomic mass is 10.1. The zero-order valence-corrected chi connectivity index (χ0v) is 14.0. The van der Waals surface area contributed by atoms with Gasteiger partial charge in [-0.1, -0.05) is 0 Å². The monoisotopic (exact) mass is 358 g/mol. The van der Waals surface area contributed by atoms with Gasteiger partial charge in [0.15, 0.2) is 5.82 Å². The first-order chi connectivity index (χ1) is 12.5. The van der Waals surface area contributed by atoms with Crippen LogP contribution in [0.3, 0.4) is 0 Å². The minimum absolute atomic E-state index is 0.0985. The molecule has 0 radical (unpaired) electrons. The summed E-state index contributed by atoms with van der Waals surface area (Å²) in [5.74, 6) is 0.0837. The highest BCUT2D eigenvalue weighted by Gasteiger charge is 2.20. The number of aromatic nitrogens is 4. The maximum Gasteiger partial charge on any atom is 0.253 e. The Morgan fingerprint density at radius 1 is 1.42 bits per heavy atom. The maximum atomic E-state index is 12.5. The molecule has 3 aromatic heterocycles. The van der Waals surface area contributed by atoms with E-state index in [4.69, 9.17) is 15.6 Å². The first-order valence-corrected chi connectivity index (χ1v) is 7.75. The average molecular weight is 358 g/mol. The normalized spacial score (nSPS) is 12.1. The molecule has 26 heavy (non-hydrogen) atoms. The highest BCUT2D eigenvalue weighted by Crippen LogP contribution is 2.28. The second-order valence-electron chi connectivity index (χ2n) is 5.48. The van der Waals surface area contributed by atoms with E-state index in [1.807, 2.05) is 0 Å². The van der Waals surface area contributed by atoms with Gasteiger partial charge in [-0.05, 0) is 12.1 Å². The second-order valence-corrected chi connectivity index (χ2v) is 5.48. The van der Waals surface area contributed by atoms with Gasteiger partial charge < -0.3 is 26.0 Å². The number of rotatable bonds is 6. The Bertz CT molecular complexity index is 942. The Balaban J connectivity index is 2.08. The predicted molar refractivity (Wildman–Crippen MR) is 92.6 cm³/mol. The van der Waals surface area contributed by atoms with Gasteiger partial charge in [0.05, 0.1) is 31.1 Å². The van der Waals surface area contributed by atoms with Crippen molar-refractivity contribution in [3.8, 4) is 17.1 Å². The fraction of sp³-hybridized carbons (Fsp3) is 0.250. The number of fused-ring (bicyclic) bond motifs is 1. The Labute approximate surface area is 148 Å². The van der Waals surface area contributed by atoms with Crippen LogP contribution in [0.2, 0.25) is 0 Å². The average Bonchev–Trinajstić information content (AvgIpc) is 3.07. The molecule has 0 unspecified atom stereocenters. The number of carbonyl (C=O) groups excluding carboxylic acids is 1. The number of hydrogen-bond acceptors (Lipinski definition) is 8. The molecule has 1 amide bonds. The Kier molecular flexibility index (Phi) is 4.96. The number of aliphatic hydroxyl groups excluding tert-OH is 2. The summed E-state index contributed by atoms with van der Waals surface area (Å²) in [6.45, 7) is -0.553. The van der Waals surface area contributed by atoms with Gasteiger partial charge >= 0.3 is 0 Å². The van der Waals surface area contributed by atoms with Gasteiger partial charge in [-0.15, -0.1) is 0 Å². The van der Waals surface area contributed by atoms with E-state index in [-0.39, 0.29) is 17.9 Å². The molecule has 3 aromatic rings. The smallest absolute Gasteiger partial charge is 0.253 e. The van der Waals surface area contributed by atoms with Gasteiger partial charge in [-0.3, -0.25) is 4.79 Å². The summed E-state index contributed by atoms with van der Waals surface area (Å²) in [5.41, 5.74) is 7.86. The molecule has 5 N–H and O–H groups in total. The summed E-state index contributed by atoms with van der Waals surface area (Å²) in [5, 5.41) is 25.0. The van der Waals surface area contributed by atoms with Crippen molar-refractivity contribution < 1.29 is 19.7 Å². The molecule has 0 saturated heterocycles. The lowest BCUT2D eigenvalue weighted by Gasteiger charge is -2.08. The van der Waals surface area contributed by atoms with Crippen molar-refractivity contribution in [2.45, 2.75) is 6.10 Å². The summed E-state index contributed by atoms with van der Waals surface area (Å²) in [7, 11) is 1.51. The molecule has 136 valence electrons. The molecule has 10 heteroatoms. The summed E-state index contributed by atoms with van der Waals surface area (Å²) in [6, 6.07) is 5.08. The van der Waals surface area contributed by atoms with Crippen molar-refractivity contribution >= 4 is 17.2 Å². The number of anilines is 1. The van der Waals surface area contributed by atoms with E-state index in [0.717, 1.165) is 5.56 Å². The van der Waals surface area contributed by atoms with Crippen LogP contribution in [0.4, 0.5) is 5.82 Å². The number of nitrogens with zero attached hydrogens (tertiary/aromatic N) is 4. The third kappa shape index (κ3) is 3.27. The van der Waals surface area contributed by atoms with E-state index in [1.54, 1.807) is 24.4 Å². The molecule has 0 aromatic carbocycles. The minimum atomic E-state index is -1.05. The number of methoxy groups -OCH3 is 1. The van der Waals surface area contributed by atoms with E-state index in [2.05, 4.69) is 20.4 Å². The molecular formula is C16H18N6O4. The van der Waals surface area contributed by atoms with Crippen molar-refractivity contribution in [1.82, 2.24) is 24.9 Å². The van der Waals surface area contributed by atoms with Gasteiger partial charge in [-0.25, -0.2) is 14.5 Å². The van der Waals surface area contributed by atoms with Crippen LogP contribution in [-0.2, 0) is 0 Å². The zero-order valence-electron chi connectivity index (χ0n) is 14.0. The fourth-order valence-corrected chi connectivity index (χ4v) is 2.50. The number of amides is 1. The molecule has 0 aliphatic heterocycles. The first kappa shape index (κ1) is 17.6. The van der Waals surface area contributed by atoms with Crippen LogP contribution in [0, 0.1) is 0 Å². The number of nitrogens with one attached hydrogen (secondary N) is 1. The topological polar surface area (TPSA) is 148 Å². The van der Waals surface area contributed by atoms with Crippen molar-refractivity contribution in [2.75, 3.05) is 26.0 Å². The van der Waals surface area contributed by atoms with Crippen LogP contribution in [0.5, 0.6) is 5.88 Å². The first-order valence-electron chi connectivity index (χ1n) is 7.75. The summed E-state index contributed by atoms with van der Waals surface area (Å²) < 4.78 is 6.64. The van der Waals surface area contributed by atoms with E-state index in [1.165, 1.54) is 18.0 Å². The summed E-state index contributed by atoms with van der Waals surface area (Å²) in [6.07, 6.45) is 1.82. The number of hydrogen-bond donors (Lipinski definition) is 4. The number of pyridine rings is 1. The second kappa shape index (κ2) is 7.33. The van der Waals surface area contributed by atoms with Gasteiger partial charge in [-0.2, -0.15) is 5.10 Å². The zero-order chi connectivity index (χ0) is 18.7. The molecule has 3 heterocycles. The lowest BCUT2D eigenvalue weighted by molar-refractivity contribution is 0.0803. The van der Waals surface area contributed by atoms with Gasteiger partial charge in [0, 0.05) is 24.4 Å². The number of carbonyl (C=O) groups is 1. The van der Waals surface area contributed by atoms with Crippen LogP contribution < -0.4 is 15.8 Å². The number of aliphatic hydroxyl groups is 2. The van der Waals surface area contributed by atoms with Crippen LogP contribution in [-0.4, -0.2) is 62.1 Å². The minimum Gasteiger partial charge on any atom is -0.481 e. The Morgan fingerprint density at radius 3 is 2.96 bits per heavy atom. The third-order valence-electron chi connectivity index (χ3n) is 3.78. The quantitative estimate of drug-likeness (QED) is 0.459. The molecule has 10 nitrogen and oxygen atoms in total. The highest BCUT2D eigenvalue weighted by molar-refractivity contribution is 6.05. The lowest BCUT2D eigenvalue weighted by Crippen LogP contribution is -2.33. The van der Waals surface area contributed by atoms with Gasteiger partial charge in [0.25, 0.3) is 5.91 Å². The standard InChI is InChI=1S/C16H18N6O4/c1-26-13-4-9(2-3-18-13)12-5-11(16(25)19-6-10(24)7-23)14-15(17)20-8-21-22(12)14/h2-5,8,10,23-24H,6-7H2,1H3,(H,19,25)(H2,17,20,21)/t10-/m0/s1. The molecule has 0 fully saturated rings. The Morgan fingerprint density at radius 2 is 2.23 bits per heavy atom. The summed E-state index contributed by atoms with van der Waals surface area (Å²) >= 11 is 0. The number of ether oxygens (including phenoxy) is 1. The number of nitrogen functional groups attached to an aromatic ring is 1. The SMILES string of the molecule is COc1cc(-c2cc(C(=O)NC[C@H](O)CO)c3c(N)ncnn23)ccn1. The van der Waals surface area contributed by atoms with Crippen LogP contribution in [0.15, 0.2) is 30.7 Å². The van der Waals surface area contributed by atoms with Crippen LogP contribution in [0.25, 0.3) is 16.8 Å². The third-order valence-corrected chi connectivity index (χ3v) is 3.78. The van der Waals surface area contributed by atoms with Gasteiger partial charge in [0.1, 0.15) is 11.8 Å². The molecule has 0 saturated carbocycles. The van der Waals surface area contributed by atoms with Crippen molar-refractivity contribution in [2.24, 2.45) is 0 Å².